The molecular weight excluding hydrogens is 257 g/mol. The number of halogens is 1. The van der Waals surface area contributed by atoms with E-state index in [1.807, 2.05) is 24.3 Å². The number of carbonyl (C=O) groups excluding carboxylic acids is 1. The van der Waals surface area contributed by atoms with Crippen molar-refractivity contribution in [3.8, 4) is 0 Å². The van der Waals surface area contributed by atoms with Crippen molar-refractivity contribution < 1.29 is 9.18 Å². The lowest BCUT2D eigenvalue weighted by molar-refractivity contribution is 0.0995. The van der Waals surface area contributed by atoms with Gasteiger partial charge in [0.1, 0.15) is 17.3 Å². The molecule has 1 amide bonds. The number of pyridine rings is 1. The van der Waals surface area contributed by atoms with Crippen LogP contribution in [0.3, 0.4) is 0 Å². The zero-order valence-electron chi connectivity index (χ0n) is 10.5. The molecule has 4 nitrogen and oxygen atoms in total. The summed E-state index contributed by atoms with van der Waals surface area (Å²) in [6.07, 6.45) is 3.18. The Morgan fingerprint density at radius 2 is 2.05 bits per heavy atom. The van der Waals surface area contributed by atoms with E-state index in [1.165, 1.54) is 12.1 Å². The van der Waals surface area contributed by atoms with Crippen molar-refractivity contribution in [2.45, 2.75) is 6.54 Å². The first-order chi connectivity index (χ1) is 9.74. The fourth-order valence-corrected chi connectivity index (χ4v) is 2.58. The minimum Gasteiger partial charge on any atom is -0.288 e. The van der Waals surface area contributed by atoms with Gasteiger partial charge < -0.3 is 0 Å². The van der Waals surface area contributed by atoms with Crippen LogP contribution in [-0.4, -0.2) is 15.3 Å². The van der Waals surface area contributed by atoms with Crippen molar-refractivity contribution in [2.75, 3.05) is 4.90 Å². The Hall–Kier alpha value is -2.69. The van der Waals surface area contributed by atoms with Gasteiger partial charge in [-0.15, -0.1) is 0 Å². The summed E-state index contributed by atoms with van der Waals surface area (Å²) < 4.78 is 14.9. The first-order valence-electron chi connectivity index (χ1n) is 6.26. The number of carbonyl (C=O) groups is 1. The molecule has 1 aliphatic heterocycles. The Balaban J connectivity index is 1.84. The molecule has 4 rings (SSSR count). The molecule has 0 aliphatic carbocycles. The molecule has 3 aromatic rings. The molecule has 20 heavy (non-hydrogen) atoms. The Morgan fingerprint density at radius 3 is 2.90 bits per heavy atom. The summed E-state index contributed by atoms with van der Waals surface area (Å²) in [5.74, 6) is 0.263. The topological polar surface area (TPSA) is 37.6 Å². The lowest BCUT2D eigenvalue weighted by atomic mass is 10.1. The van der Waals surface area contributed by atoms with Gasteiger partial charge in [-0.2, -0.15) is 0 Å². The number of hydrogen-bond donors (Lipinski definition) is 0. The van der Waals surface area contributed by atoms with E-state index in [0.29, 0.717) is 23.6 Å². The number of imidazole rings is 1. The summed E-state index contributed by atoms with van der Waals surface area (Å²) in [6, 6.07) is 10.2. The molecule has 5 heteroatoms. The van der Waals surface area contributed by atoms with Crippen LogP contribution < -0.4 is 4.90 Å². The van der Waals surface area contributed by atoms with Gasteiger partial charge in [-0.1, -0.05) is 18.2 Å². The van der Waals surface area contributed by atoms with Crippen LogP contribution in [0.4, 0.5) is 10.2 Å². The summed E-state index contributed by atoms with van der Waals surface area (Å²) in [7, 11) is 0. The summed E-state index contributed by atoms with van der Waals surface area (Å²) in [5, 5.41) is 0. The molecule has 0 saturated carbocycles. The van der Waals surface area contributed by atoms with Crippen LogP contribution in [0.5, 0.6) is 0 Å². The third-order valence-electron chi connectivity index (χ3n) is 3.55. The highest BCUT2D eigenvalue weighted by Crippen LogP contribution is 2.28. The average Bonchev–Trinajstić information content (AvgIpc) is 3.00. The van der Waals surface area contributed by atoms with Gasteiger partial charge in [0.15, 0.2) is 0 Å². The first kappa shape index (κ1) is 11.2. The van der Waals surface area contributed by atoms with Gasteiger partial charge in [0.25, 0.3) is 5.91 Å². The van der Waals surface area contributed by atoms with Crippen molar-refractivity contribution >= 4 is 17.4 Å². The lowest BCUT2D eigenvalue weighted by Crippen LogP contribution is -2.24. The molecule has 0 unspecified atom stereocenters. The van der Waals surface area contributed by atoms with Gasteiger partial charge in [0.05, 0.1) is 12.7 Å². The first-order valence-corrected chi connectivity index (χ1v) is 6.26. The van der Waals surface area contributed by atoms with Crippen LogP contribution in [0.1, 0.15) is 15.9 Å². The number of hydrogen-bond acceptors (Lipinski definition) is 2. The number of rotatable bonds is 1. The Kier molecular flexibility index (Phi) is 2.18. The number of anilines is 1. The predicted octanol–water partition coefficient (Wildman–Crippen LogP) is 2.63. The highest BCUT2D eigenvalue weighted by molar-refractivity contribution is 6.09. The van der Waals surface area contributed by atoms with Crippen LogP contribution in [0.2, 0.25) is 0 Å². The van der Waals surface area contributed by atoms with Gasteiger partial charge in [0.2, 0.25) is 0 Å². The second kappa shape index (κ2) is 3.90. The highest BCUT2D eigenvalue weighted by atomic mass is 19.1. The standard InChI is InChI=1S/C15H10FN3O/c16-11-5-6-18-13(7-11)17-8-14(18)19-9-10-3-1-2-4-12(10)15(19)20/h1-8H,9H2. The van der Waals surface area contributed by atoms with E-state index in [1.54, 1.807) is 21.7 Å². The van der Waals surface area contributed by atoms with E-state index in [0.717, 1.165) is 5.56 Å². The fourth-order valence-electron chi connectivity index (χ4n) is 2.58. The number of benzene rings is 1. The number of aromatic nitrogens is 2. The highest BCUT2D eigenvalue weighted by Gasteiger charge is 2.29. The second-order valence-electron chi connectivity index (χ2n) is 4.74. The largest absolute Gasteiger partial charge is 0.288 e. The molecule has 0 saturated heterocycles. The van der Waals surface area contributed by atoms with Gasteiger partial charge in [-0.05, 0) is 17.7 Å². The van der Waals surface area contributed by atoms with Crippen LogP contribution >= 0.6 is 0 Å². The summed E-state index contributed by atoms with van der Waals surface area (Å²) in [4.78, 5) is 18.2. The molecule has 0 bridgehead atoms. The molecule has 2 aromatic heterocycles. The van der Waals surface area contributed by atoms with E-state index in [2.05, 4.69) is 4.98 Å². The second-order valence-corrected chi connectivity index (χ2v) is 4.74. The van der Waals surface area contributed by atoms with E-state index in [-0.39, 0.29) is 11.7 Å². The minimum atomic E-state index is -0.342. The quantitative estimate of drug-likeness (QED) is 0.679. The van der Waals surface area contributed by atoms with Gasteiger partial charge in [-0.25, -0.2) is 9.37 Å². The summed E-state index contributed by atoms with van der Waals surface area (Å²) in [5.41, 5.74) is 2.20. The molecule has 0 spiro atoms. The number of fused-ring (bicyclic) bond motifs is 2. The molecule has 1 aromatic carbocycles. The van der Waals surface area contributed by atoms with Gasteiger partial charge in [-0.3, -0.25) is 14.1 Å². The van der Waals surface area contributed by atoms with Crippen molar-refractivity contribution in [3.05, 3.63) is 65.7 Å². The minimum absolute atomic E-state index is 0.0493. The van der Waals surface area contributed by atoms with E-state index in [9.17, 15) is 9.18 Å². The molecule has 0 fully saturated rings. The van der Waals surface area contributed by atoms with Crippen molar-refractivity contribution in [1.29, 1.82) is 0 Å². The summed E-state index contributed by atoms with van der Waals surface area (Å²) in [6.45, 7) is 0.514. The molecule has 3 heterocycles. The molecule has 98 valence electrons. The monoisotopic (exact) mass is 267 g/mol. The third kappa shape index (κ3) is 1.46. The van der Waals surface area contributed by atoms with E-state index in [4.69, 9.17) is 0 Å². The van der Waals surface area contributed by atoms with Crippen molar-refractivity contribution in [1.82, 2.24) is 9.38 Å². The zero-order valence-corrected chi connectivity index (χ0v) is 10.5. The molecule has 0 atom stereocenters. The molecule has 1 aliphatic rings. The normalized spacial score (nSPS) is 14.1. The van der Waals surface area contributed by atoms with Gasteiger partial charge >= 0.3 is 0 Å². The van der Waals surface area contributed by atoms with Gasteiger partial charge in [0, 0.05) is 17.8 Å². The molecule has 0 N–H and O–H groups in total. The van der Waals surface area contributed by atoms with Crippen LogP contribution in [0.15, 0.2) is 48.8 Å². The van der Waals surface area contributed by atoms with Crippen molar-refractivity contribution in [2.24, 2.45) is 0 Å². The fraction of sp³-hybridized carbons (Fsp3) is 0.0667. The Morgan fingerprint density at radius 1 is 1.20 bits per heavy atom. The number of amides is 1. The van der Waals surface area contributed by atoms with E-state index >= 15 is 0 Å². The van der Waals surface area contributed by atoms with Crippen LogP contribution in [0, 0.1) is 5.82 Å². The average molecular weight is 267 g/mol. The third-order valence-corrected chi connectivity index (χ3v) is 3.55. The van der Waals surface area contributed by atoms with Crippen LogP contribution in [-0.2, 0) is 6.54 Å². The predicted molar refractivity (Wildman–Crippen MR) is 72.1 cm³/mol. The lowest BCUT2D eigenvalue weighted by Gasteiger charge is -2.14. The zero-order chi connectivity index (χ0) is 13.7. The maximum atomic E-state index is 13.2. The Labute approximate surface area is 114 Å². The van der Waals surface area contributed by atoms with Crippen molar-refractivity contribution in [3.63, 3.8) is 0 Å². The maximum Gasteiger partial charge on any atom is 0.260 e. The number of nitrogens with zero attached hydrogens (tertiary/aromatic N) is 3. The molecular formula is C15H10FN3O. The van der Waals surface area contributed by atoms with Crippen LogP contribution in [0.25, 0.3) is 5.65 Å². The summed E-state index contributed by atoms with van der Waals surface area (Å²) >= 11 is 0. The smallest absolute Gasteiger partial charge is 0.260 e. The SMILES string of the molecule is O=C1c2ccccc2CN1c1cnc2cc(F)ccn12. The molecule has 0 radical (unpaired) electrons. The Bertz CT molecular complexity index is 840. The van der Waals surface area contributed by atoms with E-state index < -0.39 is 0 Å². The maximum absolute atomic E-state index is 13.2.